The number of aryl methyl sites for hydroxylation is 1. The van der Waals surface area contributed by atoms with Crippen LogP contribution in [0.1, 0.15) is 29.5 Å². The predicted octanol–water partition coefficient (Wildman–Crippen LogP) is 4.16. The Hall–Kier alpha value is -3.34. The average molecular weight is 405 g/mol. The number of ether oxygens (including phenoxy) is 2. The zero-order valence-electron chi connectivity index (χ0n) is 17.6. The van der Waals surface area contributed by atoms with Crippen molar-refractivity contribution in [3.8, 4) is 5.75 Å². The number of nitrogens with one attached hydrogen (secondary N) is 1. The topological polar surface area (TPSA) is 64.6 Å². The summed E-state index contributed by atoms with van der Waals surface area (Å²) >= 11 is 0. The smallest absolute Gasteiger partial charge is 0.313 e. The first-order valence-electron chi connectivity index (χ1n) is 10.0. The lowest BCUT2D eigenvalue weighted by Crippen LogP contribution is -2.31. The van der Waals surface area contributed by atoms with Crippen LogP contribution in [0.3, 0.4) is 0 Å². The van der Waals surface area contributed by atoms with Crippen molar-refractivity contribution in [2.24, 2.45) is 0 Å². The van der Waals surface area contributed by atoms with Crippen LogP contribution in [0.5, 0.6) is 5.75 Å². The molecular formula is C25H27NO4. The van der Waals surface area contributed by atoms with Crippen LogP contribution in [0.15, 0.2) is 60.7 Å². The van der Waals surface area contributed by atoms with E-state index >= 15 is 0 Å². The highest BCUT2D eigenvalue weighted by Gasteiger charge is 2.18. The molecule has 0 radical (unpaired) electrons. The first-order valence-corrected chi connectivity index (χ1v) is 10.0. The predicted molar refractivity (Wildman–Crippen MR) is 118 cm³/mol. The number of methoxy groups -OCH3 is 1. The first kappa shape index (κ1) is 21.4. The van der Waals surface area contributed by atoms with Gasteiger partial charge in [-0.1, -0.05) is 48.5 Å². The minimum atomic E-state index is -0.462. The fourth-order valence-electron chi connectivity index (χ4n) is 3.31. The molecule has 0 aliphatic rings. The third-order valence-corrected chi connectivity index (χ3v) is 5.25. The fourth-order valence-corrected chi connectivity index (χ4v) is 3.31. The van der Waals surface area contributed by atoms with Gasteiger partial charge in [0.2, 0.25) is 0 Å². The van der Waals surface area contributed by atoms with Crippen LogP contribution in [-0.4, -0.2) is 32.1 Å². The lowest BCUT2D eigenvalue weighted by atomic mass is 9.98. The van der Waals surface area contributed by atoms with Crippen molar-refractivity contribution in [3.05, 3.63) is 77.4 Å². The van der Waals surface area contributed by atoms with Gasteiger partial charge in [-0.15, -0.1) is 0 Å². The molecule has 5 heteroatoms. The third-order valence-electron chi connectivity index (χ3n) is 5.25. The summed E-state index contributed by atoms with van der Waals surface area (Å²) in [7, 11) is 1.63. The van der Waals surface area contributed by atoms with E-state index in [-0.39, 0.29) is 12.5 Å². The molecule has 1 N–H and O–H groups in total. The Morgan fingerprint density at radius 1 is 1.00 bits per heavy atom. The van der Waals surface area contributed by atoms with Crippen molar-refractivity contribution in [2.45, 2.75) is 26.2 Å². The number of fused-ring (bicyclic) bond motifs is 1. The number of amides is 1. The van der Waals surface area contributed by atoms with Crippen molar-refractivity contribution in [1.29, 1.82) is 0 Å². The highest BCUT2D eigenvalue weighted by atomic mass is 16.5. The Balaban J connectivity index is 1.49. The molecular weight excluding hydrogens is 378 g/mol. The molecule has 156 valence electrons. The lowest BCUT2D eigenvalue weighted by molar-refractivity contribution is -0.149. The number of esters is 1. The minimum absolute atomic E-state index is 0.276. The van der Waals surface area contributed by atoms with Crippen molar-refractivity contribution in [2.75, 3.05) is 20.3 Å². The van der Waals surface area contributed by atoms with Crippen LogP contribution in [0.2, 0.25) is 0 Å². The summed E-state index contributed by atoms with van der Waals surface area (Å²) in [6.45, 7) is 4.05. The normalized spacial score (nSPS) is 11.7. The van der Waals surface area contributed by atoms with Crippen molar-refractivity contribution in [3.63, 3.8) is 0 Å². The van der Waals surface area contributed by atoms with Crippen LogP contribution in [0, 0.1) is 6.92 Å². The van der Waals surface area contributed by atoms with Gasteiger partial charge in [0.25, 0.3) is 5.91 Å². The van der Waals surface area contributed by atoms with E-state index in [4.69, 9.17) is 9.47 Å². The van der Waals surface area contributed by atoms with Gasteiger partial charge in [0.15, 0.2) is 6.61 Å². The first-order chi connectivity index (χ1) is 14.5. The van der Waals surface area contributed by atoms with E-state index in [1.807, 2.05) is 67.6 Å². The van der Waals surface area contributed by atoms with Gasteiger partial charge in [-0.3, -0.25) is 9.59 Å². The van der Waals surface area contributed by atoms with E-state index < -0.39 is 11.9 Å². The van der Waals surface area contributed by atoms with Gasteiger partial charge in [0, 0.05) is 6.54 Å². The monoisotopic (exact) mass is 405 g/mol. The zero-order chi connectivity index (χ0) is 21.5. The molecule has 0 unspecified atom stereocenters. The molecule has 3 rings (SSSR count). The molecule has 3 aromatic rings. The number of benzene rings is 3. The number of hydrogen-bond donors (Lipinski definition) is 1. The highest BCUT2D eigenvalue weighted by Crippen LogP contribution is 2.25. The number of hydrogen-bond acceptors (Lipinski definition) is 4. The van der Waals surface area contributed by atoms with Gasteiger partial charge in [-0.05, 0) is 59.9 Å². The summed E-state index contributed by atoms with van der Waals surface area (Å²) in [5.41, 5.74) is 3.23. The van der Waals surface area contributed by atoms with E-state index in [2.05, 4.69) is 5.32 Å². The zero-order valence-corrected chi connectivity index (χ0v) is 17.6. The van der Waals surface area contributed by atoms with E-state index in [1.54, 1.807) is 14.0 Å². The molecule has 3 aromatic carbocycles. The molecule has 0 aliphatic heterocycles. The molecule has 0 aliphatic carbocycles. The highest BCUT2D eigenvalue weighted by molar-refractivity contribution is 5.87. The molecule has 0 fully saturated rings. The molecule has 1 amide bonds. The molecule has 5 nitrogen and oxygen atoms in total. The SMILES string of the molecule is COc1ccc2cc([C@H](C)C(=O)OCC(=O)NCCc3ccccc3C)ccc2c1. The number of carbonyl (C=O) groups excluding carboxylic acids is 2. The molecule has 30 heavy (non-hydrogen) atoms. The number of rotatable bonds is 8. The molecule has 0 saturated heterocycles. The Morgan fingerprint density at radius 2 is 1.73 bits per heavy atom. The van der Waals surface area contributed by atoms with Gasteiger partial charge in [-0.25, -0.2) is 0 Å². The van der Waals surface area contributed by atoms with Crippen LogP contribution in [0.25, 0.3) is 10.8 Å². The van der Waals surface area contributed by atoms with E-state index in [0.717, 1.165) is 28.5 Å². The Labute approximate surface area is 177 Å². The van der Waals surface area contributed by atoms with Crippen molar-refractivity contribution >= 4 is 22.6 Å². The fraction of sp³-hybridized carbons (Fsp3) is 0.280. The van der Waals surface area contributed by atoms with E-state index in [1.165, 1.54) is 11.1 Å². The van der Waals surface area contributed by atoms with Crippen LogP contribution in [0.4, 0.5) is 0 Å². The Morgan fingerprint density at radius 3 is 2.50 bits per heavy atom. The van der Waals surface area contributed by atoms with Gasteiger partial charge in [-0.2, -0.15) is 0 Å². The summed E-state index contributed by atoms with van der Waals surface area (Å²) in [6.07, 6.45) is 0.741. The Kier molecular flexibility index (Phi) is 7.07. The summed E-state index contributed by atoms with van der Waals surface area (Å²) in [6, 6.07) is 19.7. The van der Waals surface area contributed by atoms with E-state index in [0.29, 0.717) is 6.54 Å². The second kappa shape index (κ2) is 9.92. The molecule has 0 aromatic heterocycles. The maximum atomic E-state index is 12.4. The molecule has 1 atom stereocenters. The third kappa shape index (κ3) is 5.38. The standard InChI is InChI=1S/C25H27NO4/c1-17-6-4-5-7-19(17)12-13-26-24(27)16-30-25(28)18(2)20-8-9-22-15-23(29-3)11-10-21(22)14-20/h4-11,14-15,18H,12-13,16H2,1-3H3,(H,26,27)/t18-/m0/s1. The van der Waals surface area contributed by atoms with Gasteiger partial charge < -0.3 is 14.8 Å². The molecule has 0 saturated carbocycles. The summed E-state index contributed by atoms with van der Waals surface area (Å²) in [5.74, 6) is -0.390. The Bertz CT molecular complexity index is 1040. The molecule has 0 spiro atoms. The van der Waals surface area contributed by atoms with Crippen LogP contribution >= 0.6 is 0 Å². The summed E-state index contributed by atoms with van der Waals surface area (Å²) < 4.78 is 10.5. The van der Waals surface area contributed by atoms with Crippen LogP contribution < -0.4 is 10.1 Å². The maximum Gasteiger partial charge on any atom is 0.313 e. The van der Waals surface area contributed by atoms with Gasteiger partial charge >= 0.3 is 5.97 Å². The second-order valence-corrected chi connectivity index (χ2v) is 7.33. The second-order valence-electron chi connectivity index (χ2n) is 7.33. The quantitative estimate of drug-likeness (QED) is 0.572. The maximum absolute atomic E-state index is 12.4. The lowest BCUT2D eigenvalue weighted by Gasteiger charge is -2.13. The van der Waals surface area contributed by atoms with Gasteiger partial charge in [0.1, 0.15) is 5.75 Å². The summed E-state index contributed by atoms with van der Waals surface area (Å²) in [5, 5.41) is 4.85. The van der Waals surface area contributed by atoms with Crippen molar-refractivity contribution in [1.82, 2.24) is 5.32 Å². The number of carbonyl (C=O) groups is 2. The largest absolute Gasteiger partial charge is 0.497 e. The molecule has 0 bridgehead atoms. The average Bonchev–Trinajstić information content (AvgIpc) is 2.77. The van der Waals surface area contributed by atoms with Crippen LogP contribution in [-0.2, 0) is 20.7 Å². The van der Waals surface area contributed by atoms with Crippen molar-refractivity contribution < 1.29 is 19.1 Å². The summed E-state index contributed by atoms with van der Waals surface area (Å²) in [4.78, 5) is 24.4. The van der Waals surface area contributed by atoms with Gasteiger partial charge in [0.05, 0.1) is 13.0 Å². The minimum Gasteiger partial charge on any atom is -0.497 e. The van der Waals surface area contributed by atoms with E-state index in [9.17, 15) is 9.59 Å². The molecule has 0 heterocycles.